The Morgan fingerprint density at radius 1 is 1.53 bits per heavy atom. The Morgan fingerprint density at radius 2 is 2.35 bits per heavy atom. The summed E-state index contributed by atoms with van der Waals surface area (Å²) in [4.78, 5) is 11.4. The molecule has 1 aromatic carbocycles. The van der Waals surface area contributed by atoms with Gasteiger partial charge in [-0.1, -0.05) is 39.8 Å². The lowest BCUT2D eigenvalue weighted by Crippen LogP contribution is -2.16. The molecule has 0 unspecified atom stereocenters. The minimum Gasteiger partial charge on any atom is -0.270 e. The fourth-order valence-electron chi connectivity index (χ4n) is 1.47. The molecule has 0 atom stereocenters. The fraction of sp³-hybridized carbons (Fsp3) is 0.273. The van der Waals surface area contributed by atoms with E-state index in [1.54, 1.807) is 16.3 Å². The summed E-state index contributed by atoms with van der Waals surface area (Å²) in [7, 11) is 0. The maximum Gasteiger partial charge on any atom is 0.343 e. The number of thioether (sulfide) groups is 1. The first-order chi connectivity index (χ1) is 8.20. The van der Waals surface area contributed by atoms with Crippen LogP contribution in [0.3, 0.4) is 0 Å². The van der Waals surface area contributed by atoms with Gasteiger partial charge in [-0.3, -0.25) is 4.57 Å². The van der Waals surface area contributed by atoms with Gasteiger partial charge in [-0.25, -0.2) is 9.89 Å². The van der Waals surface area contributed by atoms with Crippen LogP contribution in [-0.4, -0.2) is 14.8 Å². The largest absolute Gasteiger partial charge is 0.343 e. The monoisotopic (exact) mass is 313 g/mol. The van der Waals surface area contributed by atoms with Crippen molar-refractivity contribution in [1.29, 1.82) is 0 Å². The SMILES string of the molecule is CCn1c(SCc2cccc(Br)c2)n[nH]c1=O. The number of benzene rings is 1. The van der Waals surface area contributed by atoms with Crippen molar-refractivity contribution >= 4 is 27.7 Å². The zero-order valence-electron chi connectivity index (χ0n) is 9.31. The number of H-pyrrole nitrogens is 1. The van der Waals surface area contributed by atoms with E-state index in [1.807, 2.05) is 19.1 Å². The molecule has 0 saturated carbocycles. The second-order valence-corrected chi connectivity index (χ2v) is 5.33. The molecule has 0 amide bonds. The standard InChI is InChI=1S/C11H12BrN3OS/c1-2-15-10(16)13-14-11(15)17-7-8-4-3-5-9(12)6-8/h3-6H,2,7H2,1H3,(H,13,16). The van der Waals surface area contributed by atoms with Gasteiger partial charge in [0.25, 0.3) is 0 Å². The Hall–Kier alpha value is -1.01. The molecule has 17 heavy (non-hydrogen) atoms. The molecule has 0 bridgehead atoms. The molecular weight excluding hydrogens is 302 g/mol. The van der Waals surface area contributed by atoms with Crippen LogP contribution in [0.5, 0.6) is 0 Å². The molecule has 2 rings (SSSR count). The molecule has 0 radical (unpaired) electrons. The van der Waals surface area contributed by atoms with Crippen molar-refractivity contribution < 1.29 is 0 Å². The number of rotatable bonds is 4. The molecule has 6 heteroatoms. The molecule has 90 valence electrons. The minimum absolute atomic E-state index is 0.149. The zero-order valence-corrected chi connectivity index (χ0v) is 11.7. The Morgan fingerprint density at radius 3 is 3.06 bits per heavy atom. The van der Waals surface area contributed by atoms with Gasteiger partial charge in [0.2, 0.25) is 0 Å². The molecule has 0 aliphatic heterocycles. The van der Waals surface area contributed by atoms with Gasteiger partial charge in [0.1, 0.15) is 0 Å². The smallest absolute Gasteiger partial charge is 0.270 e. The van der Waals surface area contributed by atoms with Gasteiger partial charge in [0, 0.05) is 16.8 Å². The third-order valence-electron chi connectivity index (χ3n) is 2.30. The van der Waals surface area contributed by atoms with Crippen molar-refractivity contribution in [3.8, 4) is 0 Å². The number of aromatic amines is 1. The number of aromatic nitrogens is 3. The van der Waals surface area contributed by atoms with Crippen molar-refractivity contribution in [3.63, 3.8) is 0 Å². The first-order valence-electron chi connectivity index (χ1n) is 5.23. The number of hydrogen-bond donors (Lipinski definition) is 1. The second kappa shape index (κ2) is 5.55. The molecule has 0 spiro atoms. The van der Waals surface area contributed by atoms with Crippen molar-refractivity contribution in [3.05, 3.63) is 44.8 Å². The quantitative estimate of drug-likeness (QED) is 0.883. The normalized spacial score (nSPS) is 10.7. The van der Waals surface area contributed by atoms with E-state index in [4.69, 9.17) is 0 Å². The Labute approximate surface area is 112 Å². The molecule has 0 aliphatic carbocycles. The summed E-state index contributed by atoms with van der Waals surface area (Å²) in [5.41, 5.74) is 1.05. The average Bonchev–Trinajstić information content (AvgIpc) is 2.67. The van der Waals surface area contributed by atoms with E-state index in [9.17, 15) is 4.79 Å². The van der Waals surface area contributed by atoms with Gasteiger partial charge in [-0.15, -0.1) is 5.10 Å². The summed E-state index contributed by atoms with van der Waals surface area (Å²) in [6.45, 7) is 2.57. The lowest BCUT2D eigenvalue weighted by molar-refractivity contribution is 0.660. The van der Waals surface area contributed by atoms with Crippen LogP contribution in [-0.2, 0) is 12.3 Å². The van der Waals surface area contributed by atoms with Crippen molar-refractivity contribution in [2.75, 3.05) is 0 Å². The van der Waals surface area contributed by atoms with Crippen molar-refractivity contribution in [2.45, 2.75) is 24.4 Å². The van der Waals surface area contributed by atoms with E-state index >= 15 is 0 Å². The highest BCUT2D eigenvalue weighted by atomic mass is 79.9. The second-order valence-electron chi connectivity index (χ2n) is 3.47. The molecule has 2 aromatic rings. The van der Waals surface area contributed by atoms with Gasteiger partial charge in [-0.2, -0.15) is 0 Å². The van der Waals surface area contributed by atoms with Gasteiger partial charge in [0.15, 0.2) is 5.16 Å². The lowest BCUT2D eigenvalue weighted by Gasteiger charge is -2.02. The summed E-state index contributed by atoms with van der Waals surface area (Å²) in [5, 5.41) is 7.20. The summed E-state index contributed by atoms with van der Waals surface area (Å²) in [5.74, 6) is 0.795. The van der Waals surface area contributed by atoms with E-state index in [0.717, 1.165) is 15.4 Å². The number of hydrogen-bond acceptors (Lipinski definition) is 3. The molecule has 1 N–H and O–H groups in total. The van der Waals surface area contributed by atoms with E-state index < -0.39 is 0 Å². The van der Waals surface area contributed by atoms with Crippen LogP contribution in [0.25, 0.3) is 0 Å². The topological polar surface area (TPSA) is 50.7 Å². The lowest BCUT2D eigenvalue weighted by atomic mass is 10.2. The molecule has 4 nitrogen and oxygen atoms in total. The zero-order chi connectivity index (χ0) is 12.3. The third-order valence-corrected chi connectivity index (χ3v) is 3.84. The molecule has 1 heterocycles. The van der Waals surface area contributed by atoms with Gasteiger partial charge < -0.3 is 0 Å². The van der Waals surface area contributed by atoms with Crippen molar-refractivity contribution in [2.24, 2.45) is 0 Å². The molecular formula is C11H12BrN3OS. The molecule has 1 aromatic heterocycles. The van der Waals surface area contributed by atoms with Crippen molar-refractivity contribution in [1.82, 2.24) is 14.8 Å². The maximum absolute atomic E-state index is 11.4. The summed E-state index contributed by atoms with van der Waals surface area (Å²) < 4.78 is 2.69. The number of halogens is 1. The van der Waals surface area contributed by atoms with Crippen LogP contribution < -0.4 is 5.69 Å². The maximum atomic E-state index is 11.4. The fourth-order valence-corrected chi connectivity index (χ4v) is 2.87. The number of nitrogens with zero attached hydrogens (tertiary/aromatic N) is 2. The predicted octanol–water partition coefficient (Wildman–Crippen LogP) is 2.65. The minimum atomic E-state index is -0.149. The Bertz CT molecular complexity index is 564. The van der Waals surface area contributed by atoms with Crippen LogP contribution in [0.4, 0.5) is 0 Å². The van der Waals surface area contributed by atoms with Gasteiger partial charge in [-0.05, 0) is 24.6 Å². The van der Waals surface area contributed by atoms with Crippen LogP contribution in [0, 0.1) is 0 Å². The average molecular weight is 314 g/mol. The van der Waals surface area contributed by atoms with Crippen LogP contribution in [0.1, 0.15) is 12.5 Å². The van der Waals surface area contributed by atoms with E-state index in [-0.39, 0.29) is 5.69 Å². The third kappa shape index (κ3) is 3.01. The Kier molecular flexibility index (Phi) is 4.06. The van der Waals surface area contributed by atoms with Crippen LogP contribution >= 0.6 is 27.7 Å². The Balaban J connectivity index is 2.10. The van der Waals surface area contributed by atoms with E-state index in [1.165, 1.54) is 5.56 Å². The van der Waals surface area contributed by atoms with Crippen LogP contribution in [0.15, 0.2) is 38.7 Å². The highest BCUT2D eigenvalue weighted by Crippen LogP contribution is 2.21. The highest BCUT2D eigenvalue weighted by molar-refractivity contribution is 9.10. The molecule has 0 saturated heterocycles. The summed E-state index contributed by atoms with van der Waals surface area (Å²) in [6.07, 6.45) is 0. The van der Waals surface area contributed by atoms with Gasteiger partial charge in [0.05, 0.1) is 0 Å². The molecule has 0 aliphatic rings. The summed E-state index contributed by atoms with van der Waals surface area (Å²) in [6, 6.07) is 8.11. The van der Waals surface area contributed by atoms with E-state index in [2.05, 4.69) is 38.3 Å². The number of nitrogens with one attached hydrogen (secondary N) is 1. The van der Waals surface area contributed by atoms with Gasteiger partial charge >= 0.3 is 5.69 Å². The molecule has 0 fully saturated rings. The first-order valence-corrected chi connectivity index (χ1v) is 7.01. The predicted molar refractivity (Wildman–Crippen MR) is 72.2 cm³/mol. The van der Waals surface area contributed by atoms with Crippen LogP contribution in [0.2, 0.25) is 0 Å². The first kappa shape index (κ1) is 12.4. The van der Waals surface area contributed by atoms with E-state index in [0.29, 0.717) is 6.54 Å². The highest BCUT2D eigenvalue weighted by Gasteiger charge is 2.07. The summed E-state index contributed by atoms with van der Waals surface area (Å²) >= 11 is 4.99.